The summed E-state index contributed by atoms with van der Waals surface area (Å²) >= 11 is 0. The summed E-state index contributed by atoms with van der Waals surface area (Å²) in [5.74, 6) is 2.31. The number of hydrogen-bond donors (Lipinski definition) is 4. The number of H-pyrrole nitrogens is 2. The Kier molecular flexibility index (Phi) is 4.89. The molecule has 4 heterocycles. The minimum Gasteiger partial charge on any atom is -0.370 e. The molecule has 5 rings (SSSR count). The molecule has 0 unspecified atom stereocenters. The van der Waals surface area contributed by atoms with Crippen LogP contribution in [0.15, 0.2) is 30.7 Å². The van der Waals surface area contributed by atoms with E-state index in [1.165, 1.54) is 12.4 Å². The van der Waals surface area contributed by atoms with Crippen LogP contribution >= 0.6 is 0 Å². The fraction of sp³-hybridized carbons (Fsp3) is 0.227. The first kappa shape index (κ1) is 19.9. The van der Waals surface area contributed by atoms with Crippen molar-refractivity contribution in [1.29, 1.82) is 0 Å². The van der Waals surface area contributed by atoms with Gasteiger partial charge in [-0.05, 0) is 44.4 Å². The molecule has 0 fully saturated rings. The monoisotopic (exact) mass is 431 g/mol. The second-order valence-corrected chi connectivity index (χ2v) is 7.68. The molecule has 0 amide bonds. The standard InChI is InChI=1S/C22H22FN9/c1-11-4-5-16(23)20-19(11)14(12(2)28-20)6-7-24-17-8-18(30-13(3)29-17)31-21-15-9-27-32-22(15)26-10-25-21/h4-5,8-10,28H,6-7H2,1-3H3,(H3,24,25,26,27,29,30,31,32). The molecular formula is C22H22FN9. The van der Waals surface area contributed by atoms with Crippen LogP contribution in [-0.2, 0) is 6.42 Å². The van der Waals surface area contributed by atoms with Gasteiger partial charge in [0, 0.05) is 23.7 Å². The number of rotatable bonds is 6. The molecule has 0 bridgehead atoms. The molecule has 10 heteroatoms. The van der Waals surface area contributed by atoms with E-state index in [0.29, 0.717) is 41.0 Å². The van der Waals surface area contributed by atoms with Crippen LogP contribution in [0, 0.1) is 26.6 Å². The van der Waals surface area contributed by atoms with Crippen LogP contribution in [0.5, 0.6) is 0 Å². The van der Waals surface area contributed by atoms with Gasteiger partial charge in [-0.2, -0.15) is 5.10 Å². The number of aromatic nitrogens is 7. The zero-order valence-corrected chi connectivity index (χ0v) is 17.9. The maximum atomic E-state index is 14.2. The minimum absolute atomic E-state index is 0.230. The van der Waals surface area contributed by atoms with Crippen molar-refractivity contribution in [3.63, 3.8) is 0 Å². The Hall–Kier alpha value is -4.08. The Bertz CT molecular complexity index is 1440. The molecule has 5 aromatic rings. The van der Waals surface area contributed by atoms with E-state index in [9.17, 15) is 4.39 Å². The Morgan fingerprint density at radius 3 is 2.78 bits per heavy atom. The van der Waals surface area contributed by atoms with Crippen molar-refractivity contribution >= 4 is 39.4 Å². The van der Waals surface area contributed by atoms with Gasteiger partial charge in [0.1, 0.15) is 35.4 Å². The maximum absolute atomic E-state index is 14.2. The fourth-order valence-corrected chi connectivity index (χ4v) is 3.98. The van der Waals surface area contributed by atoms with Crippen LogP contribution in [0.4, 0.5) is 21.8 Å². The smallest absolute Gasteiger partial charge is 0.160 e. The van der Waals surface area contributed by atoms with Gasteiger partial charge in [0.25, 0.3) is 0 Å². The average Bonchev–Trinajstić information content (AvgIpc) is 3.37. The minimum atomic E-state index is -0.230. The van der Waals surface area contributed by atoms with Gasteiger partial charge >= 0.3 is 0 Å². The highest BCUT2D eigenvalue weighted by atomic mass is 19.1. The maximum Gasteiger partial charge on any atom is 0.160 e. The number of halogens is 1. The van der Waals surface area contributed by atoms with Crippen molar-refractivity contribution < 1.29 is 4.39 Å². The first-order valence-corrected chi connectivity index (χ1v) is 10.3. The summed E-state index contributed by atoms with van der Waals surface area (Å²) in [5.41, 5.74) is 4.35. The zero-order chi connectivity index (χ0) is 22.2. The Balaban J connectivity index is 1.34. The van der Waals surface area contributed by atoms with E-state index in [2.05, 4.69) is 45.8 Å². The lowest BCUT2D eigenvalue weighted by Gasteiger charge is -2.11. The van der Waals surface area contributed by atoms with Gasteiger partial charge in [-0.25, -0.2) is 24.3 Å². The van der Waals surface area contributed by atoms with Gasteiger partial charge in [-0.15, -0.1) is 0 Å². The van der Waals surface area contributed by atoms with Crippen molar-refractivity contribution in [2.75, 3.05) is 17.2 Å². The predicted octanol–water partition coefficient (Wildman–Crippen LogP) is 4.09. The molecule has 0 aliphatic carbocycles. The molecule has 4 aromatic heterocycles. The third kappa shape index (κ3) is 3.59. The Labute approximate surface area is 182 Å². The summed E-state index contributed by atoms with van der Waals surface area (Å²) in [6, 6.07) is 5.15. The number of aromatic amines is 2. The summed E-state index contributed by atoms with van der Waals surface area (Å²) in [4.78, 5) is 20.6. The molecule has 162 valence electrons. The number of fused-ring (bicyclic) bond motifs is 2. The van der Waals surface area contributed by atoms with Crippen LogP contribution in [-0.4, -0.2) is 41.7 Å². The third-order valence-electron chi connectivity index (χ3n) is 5.44. The van der Waals surface area contributed by atoms with Crippen LogP contribution in [0.2, 0.25) is 0 Å². The van der Waals surface area contributed by atoms with Gasteiger partial charge in [0.05, 0.1) is 17.1 Å². The summed E-state index contributed by atoms with van der Waals surface area (Å²) < 4.78 is 14.2. The zero-order valence-electron chi connectivity index (χ0n) is 17.9. The number of aryl methyl sites for hydroxylation is 3. The summed E-state index contributed by atoms with van der Waals surface area (Å²) in [7, 11) is 0. The highest BCUT2D eigenvalue weighted by molar-refractivity contribution is 5.88. The van der Waals surface area contributed by atoms with Crippen molar-refractivity contribution in [2.24, 2.45) is 0 Å². The molecule has 1 aromatic carbocycles. The van der Waals surface area contributed by atoms with Crippen molar-refractivity contribution in [2.45, 2.75) is 27.2 Å². The second kappa shape index (κ2) is 7.88. The molecule has 0 radical (unpaired) electrons. The molecule has 0 saturated carbocycles. The van der Waals surface area contributed by atoms with E-state index in [1.54, 1.807) is 6.20 Å². The number of hydrogen-bond acceptors (Lipinski definition) is 7. The molecule has 9 nitrogen and oxygen atoms in total. The molecule has 0 atom stereocenters. The van der Waals surface area contributed by atoms with Crippen LogP contribution in [0.25, 0.3) is 21.9 Å². The van der Waals surface area contributed by atoms with Crippen LogP contribution in [0.1, 0.15) is 22.6 Å². The highest BCUT2D eigenvalue weighted by Crippen LogP contribution is 2.28. The van der Waals surface area contributed by atoms with Gasteiger partial charge in [0.15, 0.2) is 5.65 Å². The Morgan fingerprint density at radius 2 is 1.91 bits per heavy atom. The van der Waals surface area contributed by atoms with E-state index in [1.807, 2.05) is 32.9 Å². The highest BCUT2D eigenvalue weighted by Gasteiger charge is 2.14. The van der Waals surface area contributed by atoms with E-state index < -0.39 is 0 Å². The number of benzene rings is 1. The lowest BCUT2D eigenvalue weighted by Crippen LogP contribution is -2.09. The van der Waals surface area contributed by atoms with Gasteiger partial charge < -0.3 is 15.6 Å². The molecule has 0 spiro atoms. The van der Waals surface area contributed by atoms with E-state index >= 15 is 0 Å². The van der Waals surface area contributed by atoms with Crippen molar-refractivity contribution in [3.8, 4) is 0 Å². The average molecular weight is 431 g/mol. The summed E-state index contributed by atoms with van der Waals surface area (Å²) in [6.07, 6.45) is 3.85. The lowest BCUT2D eigenvalue weighted by atomic mass is 10.0. The molecule has 4 N–H and O–H groups in total. The van der Waals surface area contributed by atoms with Crippen molar-refractivity contribution in [1.82, 2.24) is 35.1 Å². The van der Waals surface area contributed by atoms with E-state index in [-0.39, 0.29) is 5.82 Å². The second-order valence-electron chi connectivity index (χ2n) is 7.68. The molecular weight excluding hydrogens is 409 g/mol. The normalized spacial score (nSPS) is 11.4. The lowest BCUT2D eigenvalue weighted by molar-refractivity contribution is 0.637. The molecule has 0 aliphatic heterocycles. The van der Waals surface area contributed by atoms with Gasteiger partial charge in [-0.3, -0.25) is 5.10 Å². The quantitative estimate of drug-likeness (QED) is 0.320. The Morgan fingerprint density at radius 1 is 1.06 bits per heavy atom. The first-order chi connectivity index (χ1) is 15.5. The summed E-state index contributed by atoms with van der Waals surface area (Å²) in [5, 5.41) is 15.1. The van der Waals surface area contributed by atoms with Crippen LogP contribution < -0.4 is 10.6 Å². The first-order valence-electron chi connectivity index (χ1n) is 10.3. The number of nitrogens with zero attached hydrogens (tertiary/aromatic N) is 5. The van der Waals surface area contributed by atoms with Gasteiger partial charge in [0.2, 0.25) is 0 Å². The SMILES string of the molecule is Cc1nc(NCCc2c(C)[nH]c3c(F)ccc(C)c23)cc(Nc2ncnc3[nH]ncc23)n1. The van der Waals surface area contributed by atoms with E-state index in [0.717, 1.165) is 34.0 Å². The van der Waals surface area contributed by atoms with Gasteiger partial charge in [-0.1, -0.05) is 6.07 Å². The van der Waals surface area contributed by atoms with Crippen molar-refractivity contribution in [3.05, 3.63) is 59.2 Å². The predicted molar refractivity (Wildman–Crippen MR) is 122 cm³/mol. The van der Waals surface area contributed by atoms with E-state index in [4.69, 9.17) is 0 Å². The largest absolute Gasteiger partial charge is 0.370 e. The molecule has 0 aliphatic rings. The fourth-order valence-electron chi connectivity index (χ4n) is 3.98. The summed E-state index contributed by atoms with van der Waals surface area (Å²) in [6.45, 7) is 6.45. The number of anilines is 3. The number of nitrogens with one attached hydrogen (secondary N) is 4. The van der Waals surface area contributed by atoms with Crippen LogP contribution in [0.3, 0.4) is 0 Å². The third-order valence-corrected chi connectivity index (χ3v) is 5.44. The topological polar surface area (TPSA) is 120 Å². The molecule has 0 saturated heterocycles. The molecule has 32 heavy (non-hydrogen) atoms.